The molecule has 0 radical (unpaired) electrons. The summed E-state index contributed by atoms with van der Waals surface area (Å²) in [6, 6.07) is 22.4. The van der Waals surface area contributed by atoms with Crippen molar-refractivity contribution in [1.29, 1.82) is 0 Å². The summed E-state index contributed by atoms with van der Waals surface area (Å²) in [5, 5.41) is 6.02. The van der Waals surface area contributed by atoms with Gasteiger partial charge in [-0.3, -0.25) is 14.6 Å². The van der Waals surface area contributed by atoms with E-state index in [4.69, 9.17) is 0 Å². The second kappa shape index (κ2) is 10.5. The monoisotopic (exact) mass is 474 g/mol. The third-order valence-electron chi connectivity index (χ3n) is 6.68. The van der Waals surface area contributed by atoms with E-state index in [1.54, 1.807) is 30.3 Å². The molecule has 2 heterocycles. The number of halogens is 2. The van der Waals surface area contributed by atoms with Crippen LogP contribution in [0, 0.1) is 11.6 Å². The molecule has 2 aliphatic heterocycles. The van der Waals surface area contributed by atoms with Crippen molar-refractivity contribution < 1.29 is 13.6 Å². The Balaban J connectivity index is 1.28. The first-order valence-electron chi connectivity index (χ1n) is 12.0. The zero-order chi connectivity index (χ0) is 24.2. The molecular weight excluding hydrogens is 446 g/mol. The molecule has 180 valence electrons. The van der Waals surface area contributed by atoms with Gasteiger partial charge in [0.15, 0.2) is 0 Å². The molecule has 1 amide bonds. The highest BCUT2D eigenvalue weighted by molar-refractivity contribution is 6.03. The summed E-state index contributed by atoms with van der Waals surface area (Å²) < 4.78 is 28.1. The molecular formula is C28H28F2N4O. The number of rotatable bonds is 6. The second-order valence-corrected chi connectivity index (χ2v) is 9.07. The van der Waals surface area contributed by atoms with E-state index in [9.17, 15) is 13.6 Å². The van der Waals surface area contributed by atoms with Crippen molar-refractivity contribution in [3.05, 3.63) is 107 Å². The molecule has 0 bridgehead atoms. The summed E-state index contributed by atoms with van der Waals surface area (Å²) in [6.45, 7) is 4.45. The Morgan fingerprint density at radius 1 is 0.829 bits per heavy atom. The van der Waals surface area contributed by atoms with Crippen LogP contribution in [0.5, 0.6) is 0 Å². The quantitative estimate of drug-likeness (QED) is 0.530. The molecule has 5 nitrogen and oxygen atoms in total. The van der Waals surface area contributed by atoms with Gasteiger partial charge >= 0.3 is 0 Å². The van der Waals surface area contributed by atoms with Crippen LogP contribution in [0.1, 0.15) is 29.2 Å². The lowest BCUT2D eigenvalue weighted by Gasteiger charge is -2.35. The smallest absolute Gasteiger partial charge is 0.257 e. The summed E-state index contributed by atoms with van der Waals surface area (Å²) in [5.41, 5.74) is 3.11. The zero-order valence-electron chi connectivity index (χ0n) is 19.5. The summed E-state index contributed by atoms with van der Waals surface area (Å²) >= 11 is 0. The molecule has 0 saturated carbocycles. The van der Waals surface area contributed by atoms with Crippen molar-refractivity contribution >= 4 is 11.6 Å². The Labute approximate surface area is 204 Å². The topological polar surface area (TPSA) is 39.2 Å². The average Bonchev–Trinajstić information content (AvgIpc) is 3.32. The number of carbonyl (C=O) groups excluding carboxylic acids is 1. The number of piperazine rings is 1. The van der Waals surface area contributed by atoms with Crippen molar-refractivity contribution in [3.63, 3.8) is 0 Å². The minimum atomic E-state index is -0.525. The molecule has 7 heteroatoms. The van der Waals surface area contributed by atoms with Crippen LogP contribution in [-0.2, 0) is 11.3 Å². The van der Waals surface area contributed by atoms with Crippen molar-refractivity contribution in [2.45, 2.75) is 19.0 Å². The molecule has 0 spiro atoms. The number of hydrogen-bond donors (Lipinski definition) is 0. The average molecular weight is 475 g/mol. The lowest BCUT2D eigenvalue weighted by molar-refractivity contribution is -0.134. The van der Waals surface area contributed by atoms with Crippen molar-refractivity contribution in [3.8, 4) is 0 Å². The Bertz CT molecular complexity index is 1190. The van der Waals surface area contributed by atoms with Gasteiger partial charge in [0.1, 0.15) is 11.6 Å². The summed E-state index contributed by atoms with van der Waals surface area (Å²) in [4.78, 5) is 17.9. The zero-order valence-corrected chi connectivity index (χ0v) is 19.5. The number of hydrogen-bond acceptors (Lipinski definition) is 4. The Hall–Kier alpha value is -3.42. The molecule has 3 aromatic rings. The maximum atomic E-state index is 14.7. The molecule has 1 fully saturated rings. The maximum Gasteiger partial charge on any atom is 0.257 e. The van der Waals surface area contributed by atoms with Crippen molar-refractivity contribution in [2.75, 3.05) is 32.7 Å². The minimum absolute atomic E-state index is 0.160. The van der Waals surface area contributed by atoms with E-state index in [0.29, 0.717) is 17.7 Å². The van der Waals surface area contributed by atoms with E-state index in [2.05, 4.69) is 27.0 Å². The fourth-order valence-corrected chi connectivity index (χ4v) is 4.76. The molecule has 0 aromatic heterocycles. The third kappa shape index (κ3) is 5.47. The van der Waals surface area contributed by atoms with E-state index < -0.39 is 6.04 Å². The fraction of sp³-hybridized carbons (Fsp3) is 0.286. The van der Waals surface area contributed by atoms with Crippen LogP contribution in [0.4, 0.5) is 8.78 Å². The van der Waals surface area contributed by atoms with Gasteiger partial charge in [-0.15, -0.1) is 0 Å². The SMILES string of the molecule is O=C(CN1CCN(Cc2ccccc2)CC1)N1N=C(c2ccc(F)cc2)C[C@@H]1c1ccccc1F. The van der Waals surface area contributed by atoms with E-state index in [1.165, 1.54) is 28.8 Å². The van der Waals surface area contributed by atoms with E-state index in [-0.39, 0.29) is 24.1 Å². The minimum Gasteiger partial charge on any atom is -0.297 e. The molecule has 35 heavy (non-hydrogen) atoms. The molecule has 0 unspecified atom stereocenters. The highest BCUT2D eigenvalue weighted by Crippen LogP contribution is 2.34. The van der Waals surface area contributed by atoms with Gasteiger partial charge in [0.05, 0.1) is 18.3 Å². The van der Waals surface area contributed by atoms with Crippen molar-refractivity contribution in [2.24, 2.45) is 5.10 Å². The molecule has 2 aliphatic rings. The number of benzene rings is 3. The van der Waals surface area contributed by atoms with Gasteiger partial charge in [-0.25, -0.2) is 13.8 Å². The van der Waals surface area contributed by atoms with Crippen LogP contribution in [0.3, 0.4) is 0 Å². The van der Waals surface area contributed by atoms with Gasteiger partial charge < -0.3 is 0 Å². The largest absolute Gasteiger partial charge is 0.297 e. The number of nitrogens with zero attached hydrogens (tertiary/aromatic N) is 4. The Morgan fingerprint density at radius 3 is 2.20 bits per heavy atom. The van der Waals surface area contributed by atoms with E-state index in [1.807, 2.05) is 18.2 Å². The van der Waals surface area contributed by atoms with Gasteiger partial charge in [0.2, 0.25) is 0 Å². The number of amides is 1. The fourth-order valence-electron chi connectivity index (χ4n) is 4.76. The van der Waals surface area contributed by atoms with E-state index in [0.717, 1.165) is 38.3 Å². The lowest BCUT2D eigenvalue weighted by atomic mass is 9.98. The van der Waals surface area contributed by atoms with Crippen LogP contribution in [0.2, 0.25) is 0 Å². The van der Waals surface area contributed by atoms with Crippen LogP contribution >= 0.6 is 0 Å². The number of hydrazone groups is 1. The van der Waals surface area contributed by atoms with Crippen LogP contribution < -0.4 is 0 Å². The first-order valence-corrected chi connectivity index (χ1v) is 12.0. The third-order valence-corrected chi connectivity index (χ3v) is 6.68. The molecule has 5 rings (SSSR count). The normalized spacial score (nSPS) is 19.1. The Morgan fingerprint density at radius 2 is 1.49 bits per heavy atom. The molecule has 1 atom stereocenters. The van der Waals surface area contributed by atoms with Crippen LogP contribution in [-0.4, -0.2) is 59.2 Å². The summed E-state index contributed by atoms with van der Waals surface area (Å²) in [7, 11) is 0. The van der Waals surface area contributed by atoms with E-state index >= 15 is 0 Å². The number of carbonyl (C=O) groups is 1. The van der Waals surface area contributed by atoms with Gasteiger partial charge in [-0.2, -0.15) is 5.10 Å². The molecule has 3 aromatic carbocycles. The first kappa shape index (κ1) is 23.3. The lowest BCUT2D eigenvalue weighted by Crippen LogP contribution is -2.49. The summed E-state index contributed by atoms with van der Waals surface area (Å²) in [6.07, 6.45) is 0.378. The Kier molecular flexibility index (Phi) is 6.97. The van der Waals surface area contributed by atoms with Crippen molar-refractivity contribution in [1.82, 2.24) is 14.8 Å². The van der Waals surface area contributed by atoms with Crippen LogP contribution in [0.25, 0.3) is 0 Å². The summed E-state index contributed by atoms with van der Waals surface area (Å²) in [5.74, 6) is -0.857. The second-order valence-electron chi connectivity index (χ2n) is 9.07. The highest BCUT2D eigenvalue weighted by Gasteiger charge is 2.35. The molecule has 0 aliphatic carbocycles. The van der Waals surface area contributed by atoms with Gasteiger partial charge in [-0.1, -0.05) is 60.7 Å². The van der Waals surface area contributed by atoms with Gasteiger partial charge in [-0.05, 0) is 29.3 Å². The molecule has 1 saturated heterocycles. The van der Waals surface area contributed by atoms with Gasteiger partial charge in [0.25, 0.3) is 5.91 Å². The maximum absolute atomic E-state index is 14.7. The van der Waals surface area contributed by atoms with Gasteiger partial charge in [0, 0.05) is 44.7 Å². The predicted molar refractivity (Wildman–Crippen MR) is 132 cm³/mol. The van der Waals surface area contributed by atoms with Crippen LogP contribution in [0.15, 0.2) is 84.0 Å². The highest BCUT2D eigenvalue weighted by atomic mass is 19.1. The predicted octanol–water partition coefficient (Wildman–Crippen LogP) is 4.46. The first-order chi connectivity index (χ1) is 17.1. The standard InChI is InChI=1S/C28H28F2N4O/c29-23-12-10-22(11-13-23)26-18-27(24-8-4-5-9-25(24)30)34(31-26)28(35)20-33-16-14-32(15-17-33)19-21-6-2-1-3-7-21/h1-13,27H,14-20H2/t27-/m1/s1. The molecule has 0 N–H and O–H groups in total.